The molecule has 0 atom stereocenters. The Labute approximate surface area is 173 Å². The second-order valence-corrected chi connectivity index (χ2v) is 7.35. The first-order valence-electron chi connectivity index (χ1n) is 9.96. The van der Waals surface area contributed by atoms with Crippen molar-refractivity contribution in [1.82, 2.24) is 4.57 Å². The lowest BCUT2D eigenvalue weighted by Crippen LogP contribution is -1.94. The van der Waals surface area contributed by atoms with Crippen molar-refractivity contribution in [3.8, 4) is 0 Å². The van der Waals surface area contributed by atoms with Gasteiger partial charge in [0.2, 0.25) is 0 Å². The molecule has 30 heavy (non-hydrogen) atoms. The van der Waals surface area contributed by atoms with E-state index in [2.05, 4.69) is 58.9 Å². The van der Waals surface area contributed by atoms with Crippen molar-refractivity contribution >= 4 is 50.4 Å². The molecule has 1 heterocycles. The van der Waals surface area contributed by atoms with Crippen LogP contribution in [0.5, 0.6) is 0 Å². The summed E-state index contributed by atoms with van der Waals surface area (Å²) in [5, 5.41) is 13.5. The second kappa shape index (κ2) is 7.16. The molecule has 1 N–H and O–H groups in total. The number of hydrogen-bond acceptors (Lipinski definition) is 2. The van der Waals surface area contributed by atoms with Crippen LogP contribution in [0.2, 0.25) is 0 Å². The minimum absolute atomic E-state index is 0.290. The predicted molar refractivity (Wildman–Crippen MR) is 123 cm³/mol. The van der Waals surface area contributed by atoms with Gasteiger partial charge in [-0.3, -0.25) is 4.99 Å². The van der Waals surface area contributed by atoms with Crippen LogP contribution in [-0.2, 0) is 6.54 Å². The average Bonchev–Trinajstić information content (AvgIpc) is 3.10. The highest BCUT2D eigenvalue weighted by molar-refractivity contribution is 6.09. The van der Waals surface area contributed by atoms with Gasteiger partial charge in [-0.1, -0.05) is 36.4 Å². The van der Waals surface area contributed by atoms with E-state index in [0.717, 1.165) is 28.6 Å². The number of nitrogens with zero attached hydrogens (tertiary/aromatic N) is 2. The van der Waals surface area contributed by atoms with E-state index in [-0.39, 0.29) is 0 Å². The highest BCUT2D eigenvalue weighted by Gasteiger charge is 2.09. The van der Waals surface area contributed by atoms with Gasteiger partial charge in [0.1, 0.15) is 0 Å². The molecule has 0 saturated carbocycles. The number of aromatic carboxylic acids is 1. The first-order chi connectivity index (χ1) is 14.6. The van der Waals surface area contributed by atoms with Crippen LogP contribution in [0, 0.1) is 0 Å². The highest BCUT2D eigenvalue weighted by Crippen LogP contribution is 2.29. The fourth-order valence-corrected chi connectivity index (χ4v) is 4.09. The lowest BCUT2D eigenvalue weighted by Gasteiger charge is -2.03. The molecule has 0 saturated heterocycles. The number of para-hydroxylation sites is 1. The third-order valence-electron chi connectivity index (χ3n) is 5.55. The summed E-state index contributed by atoms with van der Waals surface area (Å²) in [6, 6.07) is 25.8. The molecule has 4 heteroatoms. The minimum Gasteiger partial charge on any atom is -0.478 e. The summed E-state index contributed by atoms with van der Waals surface area (Å²) in [5.74, 6) is -0.918. The largest absolute Gasteiger partial charge is 0.478 e. The van der Waals surface area contributed by atoms with Gasteiger partial charge in [-0.2, -0.15) is 0 Å². The SMILES string of the molecule is CCn1c2ccccc2c2cc(C=Nc3ccc4cc(C(=O)O)ccc4c3)ccc21. The van der Waals surface area contributed by atoms with Crippen LogP contribution in [0.1, 0.15) is 22.8 Å². The molecule has 1 aromatic heterocycles. The maximum Gasteiger partial charge on any atom is 0.335 e. The summed E-state index contributed by atoms with van der Waals surface area (Å²) in [6.07, 6.45) is 1.88. The zero-order chi connectivity index (χ0) is 20.7. The molecular formula is C26H20N2O2. The van der Waals surface area contributed by atoms with Gasteiger partial charge in [-0.15, -0.1) is 0 Å². The number of carbonyl (C=O) groups is 1. The van der Waals surface area contributed by atoms with Crippen molar-refractivity contribution in [2.24, 2.45) is 4.99 Å². The normalized spacial score (nSPS) is 11.8. The molecule has 0 aliphatic rings. The number of hydrogen-bond donors (Lipinski definition) is 1. The summed E-state index contributed by atoms with van der Waals surface area (Å²) >= 11 is 0. The second-order valence-electron chi connectivity index (χ2n) is 7.35. The molecule has 0 fully saturated rings. The van der Waals surface area contributed by atoms with Gasteiger partial charge in [0.15, 0.2) is 0 Å². The highest BCUT2D eigenvalue weighted by atomic mass is 16.4. The summed E-state index contributed by atoms with van der Waals surface area (Å²) in [4.78, 5) is 15.8. The lowest BCUT2D eigenvalue weighted by molar-refractivity contribution is 0.0697. The number of fused-ring (bicyclic) bond motifs is 4. The van der Waals surface area contributed by atoms with Crippen molar-refractivity contribution in [2.45, 2.75) is 13.5 Å². The zero-order valence-corrected chi connectivity index (χ0v) is 16.5. The van der Waals surface area contributed by atoms with Gasteiger partial charge in [-0.05, 0) is 65.7 Å². The Morgan fingerprint density at radius 3 is 2.50 bits per heavy atom. The minimum atomic E-state index is -0.918. The quantitative estimate of drug-likeness (QED) is 0.359. The van der Waals surface area contributed by atoms with Gasteiger partial charge in [0.05, 0.1) is 11.3 Å². The van der Waals surface area contributed by atoms with E-state index >= 15 is 0 Å². The third-order valence-corrected chi connectivity index (χ3v) is 5.55. The van der Waals surface area contributed by atoms with E-state index in [1.807, 2.05) is 30.5 Å². The fourth-order valence-electron chi connectivity index (χ4n) is 4.09. The predicted octanol–water partition coefficient (Wildman–Crippen LogP) is 6.42. The molecule has 4 aromatic carbocycles. The molecule has 0 amide bonds. The Hall–Kier alpha value is -3.92. The Bertz CT molecular complexity index is 1460. The standard InChI is InChI=1S/C26H20N2O2/c1-2-28-24-6-4-3-5-22(24)23-13-17(7-12-25(23)28)16-27-21-11-10-18-14-20(26(29)30)9-8-19(18)15-21/h3-16H,2H2,1H3,(H,29,30). The molecule has 0 aliphatic carbocycles. The van der Waals surface area contributed by atoms with E-state index < -0.39 is 5.97 Å². The number of carboxylic acids is 1. The summed E-state index contributed by atoms with van der Waals surface area (Å²) in [7, 11) is 0. The molecule has 0 spiro atoms. The van der Waals surface area contributed by atoms with Gasteiger partial charge in [-0.25, -0.2) is 4.79 Å². The third kappa shape index (κ3) is 3.03. The van der Waals surface area contributed by atoms with Crippen molar-refractivity contribution in [3.05, 3.63) is 90.0 Å². The maximum absolute atomic E-state index is 11.1. The van der Waals surface area contributed by atoms with E-state index in [9.17, 15) is 4.79 Å². The molecule has 0 unspecified atom stereocenters. The number of benzene rings is 4. The van der Waals surface area contributed by atoms with Crippen LogP contribution in [0.25, 0.3) is 32.6 Å². The molecular weight excluding hydrogens is 372 g/mol. The van der Waals surface area contributed by atoms with Gasteiger partial charge in [0, 0.05) is 34.6 Å². The monoisotopic (exact) mass is 392 g/mol. The van der Waals surface area contributed by atoms with Gasteiger partial charge in [0.25, 0.3) is 0 Å². The van der Waals surface area contributed by atoms with E-state index in [1.165, 1.54) is 21.8 Å². The maximum atomic E-state index is 11.1. The number of aromatic nitrogens is 1. The average molecular weight is 392 g/mol. The topological polar surface area (TPSA) is 54.6 Å². The lowest BCUT2D eigenvalue weighted by atomic mass is 10.1. The Morgan fingerprint density at radius 1 is 0.900 bits per heavy atom. The van der Waals surface area contributed by atoms with Crippen LogP contribution in [0.4, 0.5) is 5.69 Å². The molecule has 4 nitrogen and oxygen atoms in total. The molecule has 0 radical (unpaired) electrons. The number of aliphatic imine (C=N–C) groups is 1. The summed E-state index contributed by atoms with van der Waals surface area (Å²) in [6.45, 7) is 3.10. The van der Waals surface area contributed by atoms with Crippen LogP contribution in [0.15, 0.2) is 83.9 Å². The van der Waals surface area contributed by atoms with Crippen molar-refractivity contribution in [1.29, 1.82) is 0 Å². The van der Waals surface area contributed by atoms with E-state index in [1.54, 1.807) is 12.1 Å². The van der Waals surface area contributed by atoms with Crippen LogP contribution in [-0.4, -0.2) is 21.9 Å². The first-order valence-corrected chi connectivity index (χ1v) is 9.96. The smallest absolute Gasteiger partial charge is 0.335 e. The van der Waals surface area contributed by atoms with Crippen molar-refractivity contribution in [2.75, 3.05) is 0 Å². The van der Waals surface area contributed by atoms with Crippen molar-refractivity contribution in [3.63, 3.8) is 0 Å². The first kappa shape index (κ1) is 18.1. The molecule has 0 bridgehead atoms. The Morgan fingerprint density at radius 2 is 1.67 bits per heavy atom. The summed E-state index contributed by atoms with van der Waals surface area (Å²) in [5.41, 5.74) is 4.65. The number of rotatable bonds is 4. The number of aryl methyl sites for hydroxylation is 1. The Kier molecular flexibility index (Phi) is 4.32. The van der Waals surface area contributed by atoms with Crippen molar-refractivity contribution < 1.29 is 9.90 Å². The Balaban J connectivity index is 1.52. The van der Waals surface area contributed by atoms with Crippen LogP contribution >= 0.6 is 0 Å². The molecule has 5 aromatic rings. The van der Waals surface area contributed by atoms with Gasteiger partial charge >= 0.3 is 5.97 Å². The fraction of sp³-hybridized carbons (Fsp3) is 0.0769. The zero-order valence-electron chi connectivity index (χ0n) is 16.5. The van der Waals surface area contributed by atoms with E-state index in [0.29, 0.717) is 5.56 Å². The summed E-state index contributed by atoms with van der Waals surface area (Å²) < 4.78 is 2.33. The van der Waals surface area contributed by atoms with Crippen LogP contribution in [0.3, 0.4) is 0 Å². The van der Waals surface area contributed by atoms with E-state index in [4.69, 9.17) is 5.11 Å². The molecule has 146 valence electrons. The molecule has 0 aliphatic heterocycles. The van der Waals surface area contributed by atoms with Gasteiger partial charge < -0.3 is 9.67 Å². The molecule has 5 rings (SSSR count). The number of carboxylic acid groups (broad SMARTS) is 1. The van der Waals surface area contributed by atoms with Crippen LogP contribution < -0.4 is 0 Å².